The van der Waals surface area contributed by atoms with E-state index in [0.29, 0.717) is 29.4 Å². The van der Waals surface area contributed by atoms with Crippen LogP contribution in [-0.4, -0.2) is 35.3 Å². The molecule has 0 bridgehead atoms. The van der Waals surface area contributed by atoms with E-state index in [-0.39, 0.29) is 30.0 Å². The monoisotopic (exact) mass is 394 g/mol. The van der Waals surface area contributed by atoms with E-state index in [2.05, 4.69) is 20.5 Å². The largest absolute Gasteiger partial charge is 0.497 e. The average molecular weight is 394 g/mol. The number of carbonyl (C=O) groups excluding carboxylic acids is 1. The van der Waals surface area contributed by atoms with Crippen LogP contribution in [0.5, 0.6) is 11.5 Å². The molecule has 2 aromatic carbocycles. The van der Waals surface area contributed by atoms with Crippen LogP contribution in [0.3, 0.4) is 0 Å². The van der Waals surface area contributed by atoms with E-state index in [9.17, 15) is 9.59 Å². The van der Waals surface area contributed by atoms with Crippen molar-refractivity contribution in [2.24, 2.45) is 0 Å². The van der Waals surface area contributed by atoms with E-state index in [1.54, 1.807) is 32.4 Å². The molecule has 0 fully saturated rings. The summed E-state index contributed by atoms with van der Waals surface area (Å²) in [6, 6.07) is 14.8. The van der Waals surface area contributed by atoms with Gasteiger partial charge in [-0.1, -0.05) is 30.3 Å². The second-order valence-corrected chi connectivity index (χ2v) is 6.31. The topological polar surface area (TPSA) is 106 Å². The lowest BCUT2D eigenvalue weighted by molar-refractivity contribution is -0.121. The molecule has 0 saturated heterocycles. The number of benzene rings is 2. The van der Waals surface area contributed by atoms with Crippen molar-refractivity contribution in [3.05, 3.63) is 70.1 Å². The highest BCUT2D eigenvalue weighted by Crippen LogP contribution is 2.27. The molecule has 1 aromatic heterocycles. The summed E-state index contributed by atoms with van der Waals surface area (Å²) in [5.41, 5.74) is 1.45. The molecule has 0 unspecified atom stereocenters. The Kier molecular flexibility index (Phi) is 6.57. The highest BCUT2D eigenvalue weighted by atomic mass is 16.5. The van der Waals surface area contributed by atoms with Crippen LogP contribution in [0.25, 0.3) is 11.4 Å². The van der Waals surface area contributed by atoms with Crippen LogP contribution < -0.4 is 20.3 Å². The second-order valence-electron chi connectivity index (χ2n) is 6.31. The smallest absolute Gasteiger partial charge is 0.273 e. The third-order valence-electron chi connectivity index (χ3n) is 4.31. The molecule has 0 aliphatic rings. The highest BCUT2D eigenvalue weighted by Gasteiger charge is 2.11. The standard InChI is InChI=1S/C21H22N4O4/c1-28-16-10-15(11-17(12-16)29-2)20-23-21(27)18(24-25-20)8-9-19(26)22-13-14-6-4-3-5-7-14/h3-7,10-12H,8-9,13H2,1-2H3,(H,22,26)(H,23,25,27). The maximum Gasteiger partial charge on any atom is 0.273 e. The van der Waals surface area contributed by atoms with Gasteiger partial charge in [-0.2, -0.15) is 0 Å². The number of nitrogens with zero attached hydrogens (tertiary/aromatic N) is 2. The molecule has 0 atom stereocenters. The molecule has 0 aliphatic carbocycles. The number of methoxy groups -OCH3 is 2. The van der Waals surface area contributed by atoms with E-state index in [1.807, 2.05) is 30.3 Å². The van der Waals surface area contributed by atoms with Crippen molar-refractivity contribution in [2.75, 3.05) is 14.2 Å². The summed E-state index contributed by atoms with van der Waals surface area (Å²) in [5, 5.41) is 10.9. The minimum atomic E-state index is -0.382. The van der Waals surface area contributed by atoms with Gasteiger partial charge in [0.15, 0.2) is 5.82 Å². The van der Waals surface area contributed by atoms with Gasteiger partial charge in [-0.15, -0.1) is 10.2 Å². The fourth-order valence-electron chi connectivity index (χ4n) is 2.71. The van der Waals surface area contributed by atoms with Gasteiger partial charge in [0.05, 0.1) is 14.2 Å². The van der Waals surface area contributed by atoms with Gasteiger partial charge >= 0.3 is 0 Å². The van der Waals surface area contributed by atoms with E-state index >= 15 is 0 Å². The number of aromatic amines is 1. The molecule has 0 spiro atoms. The number of rotatable bonds is 8. The van der Waals surface area contributed by atoms with Gasteiger partial charge in [0.25, 0.3) is 5.56 Å². The van der Waals surface area contributed by atoms with Gasteiger partial charge in [-0.25, -0.2) is 0 Å². The van der Waals surface area contributed by atoms with E-state index in [1.165, 1.54) is 0 Å². The summed E-state index contributed by atoms with van der Waals surface area (Å²) < 4.78 is 10.5. The first kappa shape index (κ1) is 20.1. The summed E-state index contributed by atoms with van der Waals surface area (Å²) in [4.78, 5) is 27.1. The molecule has 1 amide bonds. The molecular weight excluding hydrogens is 372 g/mol. The van der Waals surface area contributed by atoms with Crippen LogP contribution in [0, 0.1) is 0 Å². The van der Waals surface area contributed by atoms with Crippen molar-refractivity contribution in [2.45, 2.75) is 19.4 Å². The summed E-state index contributed by atoms with van der Waals surface area (Å²) >= 11 is 0. The number of hydrogen-bond donors (Lipinski definition) is 2. The first-order chi connectivity index (χ1) is 14.1. The second kappa shape index (κ2) is 9.50. The number of amides is 1. The quantitative estimate of drug-likeness (QED) is 0.606. The van der Waals surface area contributed by atoms with Gasteiger partial charge < -0.3 is 19.8 Å². The molecule has 0 saturated carbocycles. The lowest BCUT2D eigenvalue weighted by Crippen LogP contribution is -2.25. The molecule has 1 heterocycles. The molecule has 8 heteroatoms. The molecule has 0 radical (unpaired) electrons. The SMILES string of the molecule is COc1cc(OC)cc(-c2nnc(CCC(=O)NCc3ccccc3)c(=O)[nH]2)c1. The Balaban J connectivity index is 1.64. The van der Waals surface area contributed by atoms with Gasteiger partial charge in [-0.3, -0.25) is 9.59 Å². The summed E-state index contributed by atoms with van der Waals surface area (Å²) in [6.45, 7) is 0.443. The summed E-state index contributed by atoms with van der Waals surface area (Å²) in [7, 11) is 3.08. The third kappa shape index (κ3) is 5.41. The van der Waals surface area contributed by atoms with Gasteiger partial charge in [0.2, 0.25) is 5.91 Å². The maximum atomic E-state index is 12.4. The predicted octanol–water partition coefficient (Wildman–Crippen LogP) is 2.10. The molecular formula is C21H22N4O4. The summed E-state index contributed by atoms with van der Waals surface area (Å²) in [5.74, 6) is 1.28. The molecule has 8 nitrogen and oxygen atoms in total. The minimum Gasteiger partial charge on any atom is -0.497 e. The fraction of sp³-hybridized carbons (Fsp3) is 0.238. The van der Waals surface area contributed by atoms with E-state index in [0.717, 1.165) is 5.56 Å². The van der Waals surface area contributed by atoms with Crippen LogP contribution in [0.2, 0.25) is 0 Å². The number of aromatic nitrogens is 3. The number of H-pyrrole nitrogens is 1. The van der Waals surface area contributed by atoms with Gasteiger partial charge in [0, 0.05) is 31.0 Å². The zero-order valence-corrected chi connectivity index (χ0v) is 16.3. The normalized spacial score (nSPS) is 10.4. The molecule has 150 valence electrons. The van der Waals surface area contributed by atoms with Crippen LogP contribution in [-0.2, 0) is 17.8 Å². The Morgan fingerprint density at radius 2 is 1.72 bits per heavy atom. The average Bonchev–Trinajstić information content (AvgIpc) is 2.77. The van der Waals surface area contributed by atoms with E-state index < -0.39 is 0 Å². The Hall–Kier alpha value is -3.68. The minimum absolute atomic E-state index is 0.150. The molecule has 2 N–H and O–H groups in total. The fourth-order valence-corrected chi connectivity index (χ4v) is 2.71. The molecule has 3 rings (SSSR count). The van der Waals surface area contributed by atoms with Crippen molar-refractivity contribution in [1.29, 1.82) is 0 Å². The van der Waals surface area contributed by atoms with Crippen molar-refractivity contribution in [3.63, 3.8) is 0 Å². The lowest BCUT2D eigenvalue weighted by atomic mass is 10.2. The van der Waals surface area contributed by atoms with Crippen LogP contribution in [0.15, 0.2) is 53.3 Å². The number of ether oxygens (including phenoxy) is 2. The number of carbonyl (C=O) groups is 1. The van der Waals surface area contributed by atoms with Crippen molar-refractivity contribution in [3.8, 4) is 22.9 Å². The van der Waals surface area contributed by atoms with Crippen molar-refractivity contribution >= 4 is 5.91 Å². The Morgan fingerprint density at radius 1 is 1.03 bits per heavy atom. The Morgan fingerprint density at radius 3 is 2.34 bits per heavy atom. The van der Waals surface area contributed by atoms with Gasteiger partial charge in [-0.05, 0) is 17.7 Å². The Labute approximate surface area is 167 Å². The highest BCUT2D eigenvalue weighted by molar-refractivity contribution is 5.76. The van der Waals surface area contributed by atoms with Crippen LogP contribution in [0.4, 0.5) is 0 Å². The summed E-state index contributed by atoms with van der Waals surface area (Å²) in [6.07, 6.45) is 0.349. The number of nitrogens with one attached hydrogen (secondary N) is 2. The Bertz CT molecular complexity index is 1010. The molecule has 29 heavy (non-hydrogen) atoms. The predicted molar refractivity (Wildman–Crippen MR) is 108 cm³/mol. The molecule has 0 aliphatic heterocycles. The maximum absolute atomic E-state index is 12.4. The van der Waals surface area contributed by atoms with Crippen molar-refractivity contribution < 1.29 is 14.3 Å². The first-order valence-electron chi connectivity index (χ1n) is 9.09. The van der Waals surface area contributed by atoms with E-state index in [4.69, 9.17) is 9.47 Å². The lowest BCUT2D eigenvalue weighted by Gasteiger charge is -2.08. The molecule has 3 aromatic rings. The van der Waals surface area contributed by atoms with Crippen LogP contribution in [0.1, 0.15) is 17.7 Å². The van der Waals surface area contributed by atoms with Crippen molar-refractivity contribution in [1.82, 2.24) is 20.5 Å². The third-order valence-corrected chi connectivity index (χ3v) is 4.31. The zero-order valence-electron chi connectivity index (χ0n) is 16.3. The first-order valence-corrected chi connectivity index (χ1v) is 9.09. The number of hydrogen-bond acceptors (Lipinski definition) is 6. The van der Waals surface area contributed by atoms with Gasteiger partial charge in [0.1, 0.15) is 17.2 Å². The zero-order chi connectivity index (χ0) is 20.6. The number of aryl methyl sites for hydroxylation is 1. The van der Waals surface area contributed by atoms with Crippen LogP contribution >= 0.6 is 0 Å².